The molecule has 0 aromatic heterocycles. The molecule has 3 aliphatic rings. The van der Waals surface area contributed by atoms with Crippen LogP contribution in [0.25, 0.3) is 11.1 Å². The van der Waals surface area contributed by atoms with Crippen LogP contribution in [0.1, 0.15) is 36.3 Å². The molecule has 5 rings (SSSR count). The fourth-order valence-electron chi connectivity index (χ4n) is 5.58. The van der Waals surface area contributed by atoms with E-state index in [1.54, 1.807) is 0 Å². The van der Waals surface area contributed by atoms with Gasteiger partial charge >= 0.3 is 12.1 Å². The lowest BCUT2D eigenvalue weighted by molar-refractivity contribution is -0.145. The zero-order valence-electron chi connectivity index (χ0n) is 19.1. The second-order valence-corrected chi connectivity index (χ2v) is 9.21. The Morgan fingerprint density at radius 2 is 1.74 bits per heavy atom. The summed E-state index contributed by atoms with van der Waals surface area (Å²) in [5.41, 5.74) is 4.29. The molecule has 35 heavy (non-hydrogen) atoms. The van der Waals surface area contributed by atoms with E-state index in [1.165, 1.54) is 4.90 Å². The molecule has 2 aliphatic heterocycles. The number of rotatable bonds is 6. The van der Waals surface area contributed by atoms with E-state index in [4.69, 9.17) is 4.74 Å². The zero-order chi connectivity index (χ0) is 24.5. The van der Waals surface area contributed by atoms with Crippen LogP contribution < -0.4 is 10.6 Å². The number of nitrogens with zero attached hydrogens (tertiary/aromatic N) is 1. The lowest BCUT2D eigenvalue weighted by atomic mass is 9.91. The largest absolute Gasteiger partial charge is 0.481 e. The molecule has 2 saturated heterocycles. The molecule has 0 radical (unpaired) electrons. The van der Waals surface area contributed by atoms with Gasteiger partial charge in [-0.05, 0) is 35.1 Å². The average Bonchev–Trinajstić information content (AvgIpc) is 3.39. The van der Waals surface area contributed by atoms with Crippen molar-refractivity contribution in [2.45, 2.75) is 37.3 Å². The molecule has 1 aliphatic carbocycles. The van der Waals surface area contributed by atoms with Crippen molar-refractivity contribution in [3.8, 4) is 11.1 Å². The molecule has 2 aromatic carbocycles. The summed E-state index contributed by atoms with van der Waals surface area (Å²) in [5, 5.41) is 14.6. The Morgan fingerprint density at radius 3 is 2.40 bits per heavy atom. The molecule has 0 bridgehead atoms. The standard InChI is InChI=1S/C26H27N3O6/c30-23(31)12-21(25(33)29-11-5-10-19-22(29)13-27-24(19)32)28-26(34)35-14-20-17-8-3-1-6-15(17)16-7-2-4-9-18(16)20/h1-4,6-9,19-22H,5,10-14H2,(H,27,32)(H,28,34)(H,30,31). The highest BCUT2D eigenvalue weighted by Gasteiger charge is 2.44. The van der Waals surface area contributed by atoms with Gasteiger partial charge in [0, 0.05) is 19.0 Å². The van der Waals surface area contributed by atoms with Crippen LogP contribution in [-0.2, 0) is 19.1 Å². The molecule has 0 spiro atoms. The van der Waals surface area contributed by atoms with E-state index in [-0.39, 0.29) is 30.4 Å². The topological polar surface area (TPSA) is 125 Å². The number of aliphatic carboxylic acids is 1. The molecule has 3 amide bonds. The molecule has 2 aromatic rings. The number of amides is 3. The number of ether oxygens (including phenoxy) is 1. The van der Waals surface area contributed by atoms with Crippen molar-refractivity contribution < 1.29 is 29.0 Å². The van der Waals surface area contributed by atoms with Gasteiger partial charge in [0.15, 0.2) is 0 Å². The Morgan fingerprint density at radius 1 is 1.09 bits per heavy atom. The van der Waals surface area contributed by atoms with Crippen molar-refractivity contribution in [1.29, 1.82) is 0 Å². The monoisotopic (exact) mass is 477 g/mol. The van der Waals surface area contributed by atoms with Crippen molar-refractivity contribution in [2.75, 3.05) is 19.7 Å². The molecular formula is C26H27N3O6. The molecule has 2 heterocycles. The fraction of sp³-hybridized carbons (Fsp3) is 0.385. The summed E-state index contributed by atoms with van der Waals surface area (Å²) < 4.78 is 5.51. The first-order valence-electron chi connectivity index (χ1n) is 11.9. The Labute approximate surface area is 202 Å². The number of nitrogens with one attached hydrogen (secondary N) is 2. The van der Waals surface area contributed by atoms with Gasteiger partial charge in [0.2, 0.25) is 11.8 Å². The number of carboxylic acid groups (broad SMARTS) is 1. The van der Waals surface area contributed by atoms with Gasteiger partial charge in [-0.3, -0.25) is 14.4 Å². The number of alkyl carbamates (subject to hydrolysis) is 1. The third-order valence-electron chi connectivity index (χ3n) is 7.20. The van der Waals surface area contributed by atoms with E-state index in [0.29, 0.717) is 25.9 Å². The number of piperidine rings is 1. The molecule has 3 N–H and O–H groups in total. The number of likely N-dealkylation sites (tertiary alicyclic amines) is 1. The SMILES string of the molecule is O=C(O)CC(NC(=O)OCC1c2ccccc2-c2ccccc21)C(=O)N1CCCC2C(=O)NCC21. The van der Waals surface area contributed by atoms with E-state index < -0.39 is 30.4 Å². The van der Waals surface area contributed by atoms with Crippen molar-refractivity contribution in [2.24, 2.45) is 5.92 Å². The number of benzene rings is 2. The number of hydrogen-bond acceptors (Lipinski definition) is 5. The predicted octanol–water partition coefficient (Wildman–Crippen LogP) is 2.11. The first-order chi connectivity index (χ1) is 16.9. The lowest BCUT2D eigenvalue weighted by Gasteiger charge is -2.37. The fourth-order valence-corrected chi connectivity index (χ4v) is 5.58. The minimum atomic E-state index is -1.28. The molecule has 9 nitrogen and oxygen atoms in total. The molecule has 3 atom stereocenters. The second-order valence-electron chi connectivity index (χ2n) is 9.21. The third-order valence-corrected chi connectivity index (χ3v) is 7.20. The number of carbonyl (C=O) groups excluding carboxylic acids is 3. The van der Waals surface area contributed by atoms with Crippen molar-refractivity contribution in [3.05, 3.63) is 59.7 Å². The summed E-state index contributed by atoms with van der Waals surface area (Å²) in [4.78, 5) is 51.0. The third kappa shape index (κ3) is 4.34. The van der Waals surface area contributed by atoms with Gasteiger partial charge in [0.1, 0.15) is 12.6 Å². The maximum absolute atomic E-state index is 13.3. The molecule has 0 saturated carbocycles. The summed E-state index contributed by atoms with van der Waals surface area (Å²) in [6, 6.07) is 14.3. The highest BCUT2D eigenvalue weighted by Crippen LogP contribution is 2.44. The summed E-state index contributed by atoms with van der Waals surface area (Å²) >= 11 is 0. The van der Waals surface area contributed by atoms with Crippen LogP contribution in [0.3, 0.4) is 0 Å². The summed E-state index contributed by atoms with van der Waals surface area (Å²) in [6.45, 7) is 0.804. The molecule has 9 heteroatoms. The summed E-state index contributed by atoms with van der Waals surface area (Å²) in [7, 11) is 0. The number of fused-ring (bicyclic) bond motifs is 4. The first kappa shape index (κ1) is 22.9. The quantitative estimate of drug-likeness (QED) is 0.585. The van der Waals surface area contributed by atoms with Crippen LogP contribution >= 0.6 is 0 Å². The molecule has 3 unspecified atom stereocenters. The predicted molar refractivity (Wildman–Crippen MR) is 125 cm³/mol. The Kier molecular flexibility index (Phi) is 6.15. The first-order valence-corrected chi connectivity index (χ1v) is 11.9. The maximum Gasteiger partial charge on any atom is 0.407 e. The summed E-state index contributed by atoms with van der Waals surface area (Å²) in [5.74, 6) is -2.26. The molecule has 2 fully saturated rings. The van der Waals surface area contributed by atoms with Crippen molar-refractivity contribution in [1.82, 2.24) is 15.5 Å². The van der Waals surface area contributed by atoms with E-state index in [1.807, 2.05) is 48.5 Å². The van der Waals surface area contributed by atoms with Crippen LogP contribution in [0, 0.1) is 5.92 Å². The van der Waals surface area contributed by atoms with Crippen molar-refractivity contribution >= 4 is 23.9 Å². The molecular weight excluding hydrogens is 450 g/mol. The van der Waals surface area contributed by atoms with Crippen LogP contribution in [0.15, 0.2) is 48.5 Å². The maximum atomic E-state index is 13.3. The van der Waals surface area contributed by atoms with Gasteiger partial charge < -0.3 is 25.4 Å². The Balaban J connectivity index is 1.27. The smallest absolute Gasteiger partial charge is 0.407 e. The van der Waals surface area contributed by atoms with E-state index >= 15 is 0 Å². The minimum absolute atomic E-state index is 0.0562. The van der Waals surface area contributed by atoms with Gasteiger partial charge in [-0.2, -0.15) is 0 Å². The number of carboxylic acids is 1. The van der Waals surface area contributed by atoms with E-state index in [9.17, 15) is 24.3 Å². The van der Waals surface area contributed by atoms with Gasteiger partial charge in [0.25, 0.3) is 0 Å². The lowest BCUT2D eigenvalue weighted by Crippen LogP contribution is -2.56. The van der Waals surface area contributed by atoms with Crippen LogP contribution in [0.2, 0.25) is 0 Å². The van der Waals surface area contributed by atoms with Crippen LogP contribution in [0.4, 0.5) is 4.79 Å². The zero-order valence-corrected chi connectivity index (χ0v) is 19.1. The summed E-state index contributed by atoms with van der Waals surface area (Å²) in [6.07, 6.45) is -0.0896. The van der Waals surface area contributed by atoms with E-state index in [0.717, 1.165) is 22.3 Å². The van der Waals surface area contributed by atoms with Gasteiger partial charge in [-0.15, -0.1) is 0 Å². The van der Waals surface area contributed by atoms with Gasteiger partial charge in [0.05, 0.1) is 18.4 Å². The average molecular weight is 478 g/mol. The normalized spacial score (nSPS) is 21.4. The van der Waals surface area contributed by atoms with Gasteiger partial charge in [-0.1, -0.05) is 48.5 Å². The Bertz CT molecular complexity index is 1140. The highest BCUT2D eigenvalue weighted by atomic mass is 16.5. The van der Waals surface area contributed by atoms with E-state index in [2.05, 4.69) is 10.6 Å². The van der Waals surface area contributed by atoms with Gasteiger partial charge in [-0.25, -0.2) is 4.79 Å². The van der Waals surface area contributed by atoms with Crippen molar-refractivity contribution in [3.63, 3.8) is 0 Å². The number of carbonyl (C=O) groups is 4. The second kappa shape index (κ2) is 9.40. The number of hydrogen-bond donors (Lipinski definition) is 3. The molecule has 182 valence electrons. The highest BCUT2D eigenvalue weighted by molar-refractivity contribution is 5.91. The van der Waals surface area contributed by atoms with Crippen LogP contribution in [0.5, 0.6) is 0 Å². The Hall–Kier alpha value is -3.88. The minimum Gasteiger partial charge on any atom is -0.481 e. The van der Waals surface area contributed by atoms with Crippen LogP contribution in [-0.4, -0.2) is 65.7 Å².